The van der Waals surface area contributed by atoms with Gasteiger partial charge in [0, 0.05) is 31.7 Å². The highest BCUT2D eigenvalue weighted by molar-refractivity contribution is 5.43. The molecule has 2 saturated heterocycles. The van der Waals surface area contributed by atoms with Crippen LogP contribution in [-0.4, -0.2) is 62.8 Å². The maximum absolute atomic E-state index is 10.0. The quantitative estimate of drug-likeness (QED) is 0.349. The van der Waals surface area contributed by atoms with Crippen molar-refractivity contribution in [1.82, 2.24) is 15.7 Å². The summed E-state index contributed by atoms with van der Waals surface area (Å²) in [5.41, 5.74) is 2.22. The molecular formula is C10H19N3O3. The molecule has 0 saturated carbocycles. The van der Waals surface area contributed by atoms with E-state index in [1.165, 1.54) is 0 Å². The van der Waals surface area contributed by atoms with Crippen LogP contribution in [0.3, 0.4) is 0 Å². The number of hydrogen-bond acceptors (Lipinski definition) is 5. The van der Waals surface area contributed by atoms with Gasteiger partial charge < -0.3 is 10.1 Å². The Morgan fingerprint density at radius 3 is 3.06 bits per heavy atom. The fourth-order valence-electron chi connectivity index (χ4n) is 2.33. The molecule has 0 aromatic carbocycles. The van der Waals surface area contributed by atoms with Gasteiger partial charge in [-0.15, -0.1) is 0 Å². The molecular weight excluding hydrogens is 210 g/mol. The molecule has 0 unspecified atom stereocenters. The molecule has 2 atom stereocenters. The Balaban J connectivity index is 1.68. The van der Waals surface area contributed by atoms with E-state index in [9.17, 15) is 4.79 Å². The molecule has 0 aromatic rings. The van der Waals surface area contributed by atoms with E-state index in [1.807, 2.05) is 0 Å². The van der Waals surface area contributed by atoms with Gasteiger partial charge in [-0.1, -0.05) is 0 Å². The smallest absolute Gasteiger partial charge is 0.230 e. The predicted octanol–water partition coefficient (Wildman–Crippen LogP) is -1.27. The Kier molecular flexibility index (Phi) is 4.53. The molecule has 2 N–H and O–H groups in total. The van der Waals surface area contributed by atoms with E-state index in [-0.39, 0.29) is 0 Å². The topological polar surface area (TPSA) is 62.8 Å². The van der Waals surface area contributed by atoms with Gasteiger partial charge in [-0.25, -0.2) is 5.48 Å². The minimum Gasteiger partial charge on any atom is -0.379 e. The molecule has 6 heteroatoms. The zero-order chi connectivity index (χ0) is 11.2. The minimum absolute atomic E-state index is 0.334. The SMILES string of the molecule is O=CNOC[C@@H]1C[C@H](N2CCOCC2)CN1. The van der Waals surface area contributed by atoms with Crippen LogP contribution in [0.25, 0.3) is 0 Å². The van der Waals surface area contributed by atoms with E-state index < -0.39 is 0 Å². The summed E-state index contributed by atoms with van der Waals surface area (Å²) < 4.78 is 5.33. The van der Waals surface area contributed by atoms with E-state index >= 15 is 0 Å². The summed E-state index contributed by atoms with van der Waals surface area (Å²) in [5, 5.41) is 3.40. The fraction of sp³-hybridized carbons (Fsp3) is 0.900. The number of morpholine rings is 1. The summed E-state index contributed by atoms with van der Waals surface area (Å²) in [6.45, 7) is 5.24. The minimum atomic E-state index is 0.334. The number of hydrogen-bond donors (Lipinski definition) is 2. The molecule has 2 fully saturated rings. The average Bonchev–Trinajstić information content (AvgIpc) is 2.79. The van der Waals surface area contributed by atoms with Crippen molar-refractivity contribution in [3.05, 3.63) is 0 Å². The zero-order valence-corrected chi connectivity index (χ0v) is 9.35. The molecule has 1 amide bonds. The van der Waals surface area contributed by atoms with E-state index in [1.54, 1.807) is 0 Å². The van der Waals surface area contributed by atoms with E-state index in [0.717, 1.165) is 39.3 Å². The monoisotopic (exact) mass is 229 g/mol. The number of carbonyl (C=O) groups excluding carboxylic acids is 1. The van der Waals surface area contributed by atoms with Gasteiger partial charge in [0.15, 0.2) is 0 Å². The largest absolute Gasteiger partial charge is 0.379 e. The van der Waals surface area contributed by atoms with Gasteiger partial charge in [0.25, 0.3) is 0 Å². The molecule has 0 aromatic heterocycles. The third-order valence-electron chi connectivity index (χ3n) is 3.18. The van der Waals surface area contributed by atoms with Gasteiger partial charge in [0.2, 0.25) is 6.41 Å². The average molecular weight is 229 g/mol. The number of nitrogens with zero attached hydrogens (tertiary/aromatic N) is 1. The first-order valence-electron chi connectivity index (χ1n) is 5.76. The third-order valence-corrected chi connectivity index (χ3v) is 3.18. The van der Waals surface area contributed by atoms with Crippen molar-refractivity contribution in [2.24, 2.45) is 0 Å². The Hall–Kier alpha value is -0.690. The van der Waals surface area contributed by atoms with Crippen molar-refractivity contribution in [2.75, 3.05) is 39.5 Å². The number of hydroxylamine groups is 1. The van der Waals surface area contributed by atoms with Crippen LogP contribution in [0.1, 0.15) is 6.42 Å². The summed E-state index contributed by atoms with van der Waals surface area (Å²) >= 11 is 0. The maximum atomic E-state index is 10.0. The highest BCUT2D eigenvalue weighted by atomic mass is 16.6. The van der Waals surface area contributed by atoms with Crippen molar-refractivity contribution >= 4 is 6.41 Å². The highest BCUT2D eigenvalue weighted by Gasteiger charge is 2.29. The zero-order valence-electron chi connectivity index (χ0n) is 9.35. The second-order valence-electron chi connectivity index (χ2n) is 4.19. The summed E-state index contributed by atoms with van der Waals surface area (Å²) in [6, 6.07) is 0.911. The standard InChI is InChI=1S/C10H19N3O3/c14-8-12-16-7-9-5-10(6-11-9)13-1-3-15-4-2-13/h8-11H,1-7H2,(H,12,14)/t9-,10-/m0/s1. The lowest BCUT2D eigenvalue weighted by Crippen LogP contribution is -2.44. The molecule has 2 aliphatic heterocycles. The molecule has 2 rings (SSSR count). The van der Waals surface area contributed by atoms with Gasteiger partial charge in [0.1, 0.15) is 0 Å². The van der Waals surface area contributed by atoms with Crippen molar-refractivity contribution in [2.45, 2.75) is 18.5 Å². The van der Waals surface area contributed by atoms with Gasteiger partial charge in [0.05, 0.1) is 19.8 Å². The van der Waals surface area contributed by atoms with Crippen molar-refractivity contribution < 1.29 is 14.4 Å². The molecule has 0 radical (unpaired) electrons. The van der Waals surface area contributed by atoms with Crippen LogP contribution in [0.15, 0.2) is 0 Å². The number of ether oxygens (including phenoxy) is 1. The molecule has 0 bridgehead atoms. The van der Waals surface area contributed by atoms with E-state index in [2.05, 4.69) is 15.7 Å². The van der Waals surface area contributed by atoms with Crippen LogP contribution in [0.2, 0.25) is 0 Å². The summed E-state index contributed by atoms with van der Waals surface area (Å²) in [5.74, 6) is 0. The summed E-state index contributed by atoms with van der Waals surface area (Å²) in [7, 11) is 0. The van der Waals surface area contributed by atoms with Crippen LogP contribution in [0.5, 0.6) is 0 Å². The molecule has 2 heterocycles. The first kappa shape index (κ1) is 11.8. The Morgan fingerprint density at radius 2 is 2.31 bits per heavy atom. The van der Waals surface area contributed by atoms with Crippen LogP contribution in [0.4, 0.5) is 0 Å². The first-order chi connectivity index (χ1) is 7.90. The molecule has 0 spiro atoms. The van der Waals surface area contributed by atoms with Gasteiger partial charge in [-0.05, 0) is 6.42 Å². The lowest BCUT2D eigenvalue weighted by molar-refractivity contribution is -0.121. The second-order valence-corrected chi connectivity index (χ2v) is 4.19. The van der Waals surface area contributed by atoms with Gasteiger partial charge in [-0.3, -0.25) is 14.5 Å². The van der Waals surface area contributed by atoms with Crippen LogP contribution >= 0.6 is 0 Å². The number of rotatable bonds is 5. The van der Waals surface area contributed by atoms with Crippen molar-refractivity contribution in [3.8, 4) is 0 Å². The number of nitrogens with one attached hydrogen (secondary N) is 2. The van der Waals surface area contributed by atoms with Crippen molar-refractivity contribution in [1.29, 1.82) is 0 Å². The molecule has 2 aliphatic rings. The molecule has 6 nitrogen and oxygen atoms in total. The Bertz CT molecular complexity index is 221. The summed E-state index contributed by atoms with van der Waals surface area (Å²) in [4.78, 5) is 17.5. The first-order valence-corrected chi connectivity index (χ1v) is 5.76. The van der Waals surface area contributed by atoms with Crippen LogP contribution < -0.4 is 10.8 Å². The lowest BCUT2D eigenvalue weighted by atomic mass is 10.1. The molecule has 16 heavy (non-hydrogen) atoms. The normalized spacial score (nSPS) is 31.5. The van der Waals surface area contributed by atoms with Crippen molar-refractivity contribution in [3.63, 3.8) is 0 Å². The molecule has 92 valence electrons. The highest BCUT2D eigenvalue weighted by Crippen LogP contribution is 2.15. The van der Waals surface area contributed by atoms with E-state index in [4.69, 9.17) is 9.57 Å². The summed E-state index contributed by atoms with van der Waals surface area (Å²) in [6.07, 6.45) is 1.62. The number of carbonyl (C=O) groups is 1. The van der Waals surface area contributed by atoms with Crippen LogP contribution in [-0.2, 0) is 14.4 Å². The predicted molar refractivity (Wildman–Crippen MR) is 57.7 cm³/mol. The second kappa shape index (κ2) is 6.15. The Morgan fingerprint density at radius 1 is 1.50 bits per heavy atom. The van der Waals surface area contributed by atoms with E-state index in [0.29, 0.717) is 25.1 Å². The Labute approximate surface area is 95.2 Å². The third kappa shape index (κ3) is 3.15. The van der Waals surface area contributed by atoms with Crippen LogP contribution in [0, 0.1) is 0 Å². The number of amides is 1. The van der Waals surface area contributed by atoms with Gasteiger partial charge in [-0.2, -0.15) is 0 Å². The lowest BCUT2D eigenvalue weighted by Gasteiger charge is -2.31. The van der Waals surface area contributed by atoms with Gasteiger partial charge >= 0.3 is 0 Å². The maximum Gasteiger partial charge on any atom is 0.230 e. The molecule has 0 aliphatic carbocycles. The fourth-order valence-corrected chi connectivity index (χ4v) is 2.33.